The number of amides is 3. The summed E-state index contributed by atoms with van der Waals surface area (Å²) in [6, 6.07) is 19.2. The Bertz CT molecular complexity index is 1260. The number of hydrogen-bond acceptors (Lipinski definition) is 4. The van der Waals surface area contributed by atoms with Gasteiger partial charge in [0.1, 0.15) is 6.04 Å². The monoisotopic (exact) mass is 505 g/mol. The SMILES string of the molecule is CC1C(=O)N(C(=O)[C@H](C)NC(=O)Cc2ccccc2Br)c2cccc(N)c2-c2ccccc21. The molecule has 7 heteroatoms. The van der Waals surface area contributed by atoms with Crippen molar-refractivity contribution in [3.05, 3.63) is 82.3 Å². The third kappa shape index (κ3) is 4.28. The maximum absolute atomic E-state index is 13.5. The van der Waals surface area contributed by atoms with Gasteiger partial charge in [0.25, 0.3) is 5.91 Å². The van der Waals surface area contributed by atoms with Crippen LogP contribution in [-0.4, -0.2) is 23.8 Å². The molecule has 0 spiro atoms. The number of nitrogens with one attached hydrogen (secondary N) is 1. The first-order valence-electron chi connectivity index (χ1n) is 10.7. The van der Waals surface area contributed by atoms with Crippen molar-refractivity contribution < 1.29 is 14.4 Å². The molecule has 168 valence electrons. The van der Waals surface area contributed by atoms with E-state index >= 15 is 0 Å². The first kappa shape index (κ1) is 22.7. The minimum atomic E-state index is -0.911. The number of halogens is 1. The lowest BCUT2D eigenvalue weighted by molar-refractivity contribution is -0.131. The molecule has 1 heterocycles. The number of imide groups is 1. The number of carbonyl (C=O) groups is 3. The summed E-state index contributed by atoms with van der Waals surface area (Å²) < 4.78 is 0.817. The van der Waals surface area contributed by atoms with Crippen molar-refractivity contribution >= 4 is 45.0 Å². The van der Waals surface area contributed by atoms with Gasteiger partial charge in [0, 0.05) is 15.7 Å². The van der Waals surface area contributed by atoms with Crippen LogP contribution in [0.2, 0.25) is 0 Å². The van der Waals surface area contributed by atoms with Crippen LogP contribution < -0.4 is 16.0 Å². The molecule has 33 heavy (non-hydrogen) atoms. The highest BCUT2D eigenvalue weighted by Gasteiger charge is 2.37. The number of carbonyl (C=O) groups excluding carboxylic acids is 3. The van der Waals surface area contributed by atoms with Crippen LogP contribution in [0.3, 0.4) is 0 Å². The quantitative estimate of drug-likeness (QED) is 0.513. The number of nitrogens with two attached hydrogens (primary N) is 1. The van der Waals surface area contributed by atoms with Gasteiger partial charge in [-0.3, -0.25) is 14.4 Å². The Morgan fingerprint density at radius 3 is 2.52 bits per heavy atom. The fourth-order valence-corrected chi connectivity index (χ4v) is 4.60. The fraction of sp³-hybridized carbons (Fsp3) is 0.192. The van der Waals surface area contributed by atoms with Crippen LogP contribution in [0.1, 0.15) is 30.9 Å². The molecule has 0 aromatic heterocycles. The first-order valence-corrected chi connectivity index (χ1v) is 11.5. The molecule has 6 nitrogen and oxygen atoms in total. The van der Waals surface area contributed by atoms with Crippen molar-refractivity contribution in [1.82, 2.24) is 5.32 Å². The van der Waals surface area contributed by atoms with Gasteiger partial charge in [-0.15, -0.1) is 0 Å². The molecule has 2 atom stereocenters. The molecule has 0 saturated carbocycles. The largest absolute Gasteiger partial charge is 0.398 e. The van der Waals surface area contributed by atoms with Gasteiger partial charge in [-0.25, -0.2) is 4.90 Å². The summed E-state index contributed by atoms with van der Waals surface area (Å²) in [6.45, 7) is 3.36. The third-order valence-electron chi connectivity index (χ3n) is 5.88. The van der Waals surface area contributed by atoms with Gasteiger partial charge in [0.15, 0.2) is 0 Å². The smallest absolute Gasteiger partial charge is 0.256 e. The summed E-state index contributed by atoms with van der Waals surface area (Å²) in [5.74, 6) is -1.73. The Morgan fingerprint density at radius 1 is 1.06 bits per heavy atom. The van der Waals surface area contributed by atoms with Crippen LogP contribution in [0.15, 0.2) is 71.2 Å². The molecular formula is C26H24BrN3O3. The maximum Gasteiger partial charge on any atom is 0.256 e. The van der Waals surface area contributed by atoms with Gasteiger partial charge in [0.2, 0.25) is 11.8 Å². The summed E-state index contributed by atoms with van der Waals surface area (Å²) in [7, 11) is 0. The average Bonchev–Trinajstić information content (AvgIpc) is 2.89. The lowest BCUT2D eigenvalue weighted by atomic mass is 9.92. The van der Waals surface area contributed by atoms with Crippen LogP contribution in [0.25, 0.3) is 11.1 Å². The molecular weight excluding hydrogens is 482 g/mol. The summed E-state index contributed by atoms with van der Waals surface area (Å²) in [6.07, 6.45) is 0.109. The van der Waals surface area contributed by atoms with E-state index in [-0.39, 0.29) is 18.2 Å². The van der Waals surface area contributed by atoms with Crippen LogP contribution >= 0.6 is 15.9 Å². The van der Waals surface area contributed by atoms with E-state index in [9.17, 15) is 14.4 Å². The molecule has 4 rings (SSSR count). The molecule has 0 fully saturated rings. The third-order valence-corrected chi connectivity index (χ3v) is 6.65. The van der Waals surface area contributed by atoms with Gasteiger partial charge >= 0.3 is 0 Å². The van der Waals surface area contributed by atoms with E-state index in [1.807, 2.05) is 48.5 Å². The van der Waals surface area contributed by atoms with Gasteiger partial charge in [-0.1, -0.05) is 64.5 Å². The molecule has 1 aliphatic rings. The summed E-state index contributed by atoms with van der Waals surface area (Å²) >= 11 is 3.43. The van der Waals surface area contributed by atoms with Crippen molar-refractivity contribution in [2.75, 3.05) is 10.6 Å². The number of nitrogens with zero attached hydrogens (tertiary/aromatic N) is 1. The van der Waals surface area contributed by atoms with E-state index in [1.54, 1.807) is 32.0 Å². The fourth-order valence-electron chi connectivity index (χ4n) is 4.17. The molecule has 3 aromatic rings. The Kier molecular flexibility index (Phi) is 6.33. The van der Waals surface area contributed by atoms with E-state index in [2.05, 4.69) is 21.2 Å². The molecule has 1 aliphatic heterocycles. The Balaban J connectivity index is 1.66. The second-order valence-corrected chi connectivity index (χ2v) is 8.97. The van der Waals surface area contributed by atoms with E-state index in [4.69, 9.17) is 5.73 Å². The molecule has 1 unspecified atom stereocenters. The number of nitrogen functional groups attached to an aromatic ring is 1. The summed E-state index contributed by atoms with van der Waals surface area (Å²) in [5, 5.41) is 2.74. The predicted octanol–water partition coefficient (Wildman–Crippen LogP) is 4.42. The molecule has 0 radical (unpaired) electrons. The second-order valence-electron chi connectivity index (χ2n) is 8.12. The molecule has 0 saturated heterocycles. The molecule has 3 aromatic carbocycles. The number of benzene rings is 3. The maximum atomic E-state index is 13.5. The van der Waals surface area contributed by atoms with Crippen molar-refractivity contribution in [2.45, 2.75) is 32.2 Å². The lowest BCUT2D eigenvalue weighted by Gasteiger charge is -2.26. The highest BCUT2D eigenvalue weighted by molar-refractivity contribution is 9.10. The average molecular weight is 506 g/mol. The minimum Gasteiger partial charge on any atom is -0.398 e. The second kappa shape index (κ2) is 9.19. The Labute approximate surface area is 200 Å². The molecule has 0 bridgehead atoms. The molecule has 3 amide bonds. The van der Waals surface area contributed by atoms with E-state index in [0.717, 1.165) is 21.2 Å². The zero-order valence-corrected chi connectivity index (χ0v) is 19.9. The zero-order chi connectivity index (χ0) is 23.7. The minimum absolute atomic E-state index is 0.109. The summed E-state index contributed by atoms with van der Waals surface area (Å²) in [5.41, 5.74) is 10.3. The van der Waals surface area contributed by atoms with E-state index in [0.29, 0.717) is 16.9 Å². The topological polar surface area (TPSA) is 92.5 Å². The van der Waals surface area contributed by atoms with Crippen LogP contribution in [0, 0.1) is 0 Å². The Morgan fingerprint density at radius 2 is 1.76 bits per heavy atom. The van der Waals surface area contributed by atoms with Crippen molar-refractivity contribution in [2.24, 2.45) is 0 Å². The standard InChI is InChI=1S/C26H24BrN3O3/c1-15-18-9-4-5-10-19(18)24-21(28)12-7-13-22(24)30(25(15)32)26(33)16(2)29-23(31)14-17-8-3-6-11-20(17)27/h3-13,15-16H,14,28H2,1-2H3,(H,29,31)/t15?,16-/m0/s1. The number of hydrogen-bond donors (Lipinski definition) is 2. The van der Waals surface area contributed by atoms with Gasteiger partial charge in [-0.05, 0) is 48.7 Å². The Hall–Kier alpha value is -3.45. The molecule has 3 N–H and O–H groups in total. The predicted molar refractivity (Wildman–Crippen MR) is 133 cm³/mol. The van der Waals surface area contributed by atoms with E-state index < -0.39 is 17.9 Å². The van der Waals surface area contributed by atoms with Crippen LogP contribution in [-0.2, 0) is 20.8 Å². The first-order chi connectivity index (χ1) is 15.8. The van der Waals surface area contributed by atoms with Gasteiger partial charge in [-0.2, -0.15) is 0 Å². The summed E-state index contributed by atoms with van der Waals surface area (Å²) in [4.78, 5) is 40.8. The number of rotatable bonds is 4. The van der Waals surface area contributed by atoms with Crippen LogP contribution in [0.4, 0.5) is 11.4 Å². The van der Waals surface area contributed by atoms with Crippen LogP contribution in [0.5, 0.6) is 0 Å². The van der Waals surface area contributed by atoms with Gasteiger partial charge < -0.3 is 11.1 Å². The van der Waals surface area contributed by atoms with E-state index in [1.165, 1.54) is 4.90 Å². The van der Waals surface area contributed by atoms with Crippen molar-refractivity contribution in [3.8, 4) is 11.1 Å². The normalized spacial score (nSPS) is 15.8. The highest BCUT2D eigenvalue weighted by Crippen LogP contribution is 2.44. The molecule has 0 aliphatic carbocycles. The number of fused-ring (bicyclic) bond motifs is 3. The van der Waals surface area contributed by atoms with Crippen molar-refractivity contribution in [3.63, 3.8) is 0 Å². The van der Waals surface area contributed by atoms with Crippen molar-refractivity contribution in [1.29, 1.82) is 0 Å². The number of anilines is 2. The lowest BCUT2D eigenvalue weighted by Crippen LogP contribution is -2.50. The zero-order valence-electron chi connectivity index (χ0n) is 18.3. The van der Waals surface area contributed by atoms with Gasteiger partial charge in [0.05, 0.1) is 18.0 Å². The highest BCUT2D eigenvalue weighted by atomic mass is 79.9.